The Labute approximate surface area is 226 Å². The van der Waals surface area contributed by atoms with Gasteiger partial charge >= 0.3 is 5.97 Å². The summed E-state index contributed by atoms with van der Waals surface area (Å²) < 4.78 is 5.42. The largest absolute Gasteiger partial charge is 0.463 e. The highest BCUT2D eigenvalue weighted by Gasteiger charge is 2.76. The van der Waals surface area contributed by atoms with Crippen LogP contribution in [0.5, 0.6) is 0 Å². The number of hydrogen-bond donors (Lipinski definition) is 0. The van der Waals surface area contributed by atoms with Crippen LogP contribution >= 0.6 is 0 Å². The van der Waals surface area contributed by atoms with Gasteiger partial charge in [0.15, 0.2) is 0 Å². The number of hydrogen-bond acceptors (Lipinski definition) is 6. The molecular weight excluding hydrogens is 496 g/mol. The number of rotatable bonds is 6. The highest BCUT2D eigenvalue weighted by Crippen LogP contribution is 2.68. The number of benzene rings is 2. The molecule has 0 N–H and O–H groups in total. The summed E-state index contributed by atoms with van der Waals surface area (Å²) in [5.74, 6) is -6.36. The first kappa shape index (κ1) is 25.2. The summed E-state index contributed by atoms with van der Waals surface area (Å²) >= 11 is 0. The van der Waals surface area contributed by atoms with Crippen molar-refractivity contribution in [1.82, 2.24) is 9.80 Å². The van der Waals surface area contributed by atoms with Crippen LogP contribution in [0.4, 0.5) is 0 Å². The number of allylic oxidation sites excluding steroid dienone is 1. The molecule has 200 valence electrons. The molecule has 2 bridgehead atoms. The number of ether oxygens (including phenoxy) is 1. The van der Waals surface area contributed by atoms with Gasteiger partial charge in [-0.3, -0.25) is 29.0 Å². The van der Waals surface area contributed by atoms with Crippen molar-refractivity contribution in [2.24, 2.45) is 35.0 Å². The van der Waals surface area contributed by atoms with Crippen LogP contribution in [0.1, 0.15) is 31.9 Å². The molecule has 8 nitrogen and oxygen atoms in total. The van der Waals surface area contributed by atoms with E-state index in [0.29, 0.717) is 5.57 Å². The van der Waals surface area contributed by atoms with Crippen LogP contribution in [0.3, 0.4) is 0 Å². The molecule has 6 atom stereocenters. The van der Waals surface area contributed by atoms with E-state index < -0.39 is 52.8 Å². The van der Waals surface area contributed by atoms with Gasteiger partial charge in [-0.25, -0.2) is 4.79 Å². The second-order valence-electron chi connectivity index (χ2n) is 11.1. The molecule has 2 aromatic rings. The quantitative estimate of drug-likeness (QED) is 0.424. The molecule has 2 aliphatic heterocycles. The summed E-state index contributed by atoms with van der Waals surface area (Å²) in [5.41, 5.74) is 1.07. The Bertz CT molecular complexity index is 1350. The van der Waals surface area contributed by atoms with Crippen molar-refractivity contribution in [1.29, 1.82) is 0 Å². The van der Waals surface area contributed by atoms with Crippen LogP contribution in [0.25, 0.3) is 0 Å². The molecule has 2 unspecified atom stereocenters. The van der Waals surface area contributed by atoms with E-state index in [1.54, 1.807) is 20.8 Å². The number of likely N-dealkylation sites (tertiary alicyclic amines) is 2. The van der Waals surface area contributed by atoms with E-state index in [1.807, 2.05) is 60.7 Å². The molecule has 1 saturated carbocycles. The number of imide groups is 2. The van der Waals surface area contributed by atoms with E-state index in [1.165, 1.54) is 9.80 Å². The Morgan fingerprint density at radius 1 is 0.744 bits per heavy atom. The molecule has 2 heterocycles. The van der Waals surface area contributed by atoms with Gasteiger partial charge in [0, 0.05) is 16.9 Å². The Kier molecular flexibility index (Phi) is 5.82. The van der Waals surface area contributed by atoms with Gasteiger partial charge in [-0.2, -0.15) is 0 Å². The van der Waals surface area contributed by atoms with E-state index in [2.05, 4.69) is 0 Å². The highest BCUT2D eigenvalue weighted by atomic mass is 16.5. The van der Waals surface area contributed by atoms with Gasteiger partial charge in [0.1, 0.15) is 0 Å². The molecule has 8 heteroatoms. The average Bonchev–Trinajstić information content (AvgIpc) is 3.32. The maximum atomic E-state index is 14.1. The van der Waals surface area contributed by atoms with Gasteiger partial charge < -0.3 is 4.74 Å². The van der Waals surface area contributed by atoms with Crippen LogP contribution in [-0.4, -0.2) is 46.0 Å². The molecule has 0 spiro atoms. The predicted octanol–water partition coefficient (Wildman–Crippen LogP) is 3.12. The third-order valence-electron chi connectivity index (χ3n) is 9.23. The zero-order valence-corrected chi connectivity index (χ0v) is 22.1. The Hall–Kier alpha value is -4.07. The van der Waals surface area contributed by atoms with Crippen molar-refractivity contribution in [3.63, 3.8) is 0 Å². The van der Waals surface area contributed by atoms with Gasteiger partial charge in [0.2, 0.25) is 23.6 Å². The molecule has 3 aliphatic carbocycles. The van der Waals surface area contributed by atoms with Gasteiger partial charge in [-0.15, -0.1) is 0 Å². The standard InChI is InChI=1S/C31H30N2O6/c1-4-39-30(38)23-17(2)20-21-24(28(36)32(26(21)34)15-18-11-7-5-8-12-18)31(23,3)25-22(20)27(35)33(29(25)37)16-19-13-9-6-10-14-19/h5-14,20-22,24-25H,4,15-16H2,1-3H3/t20?,21-,22+,24+,25-,31?. The molecule has 5 aliphatic rings. The molecular formula is C31H30N2O6. The third-order valence-corrected chi connectivity index (χ3v) is 9.23. The van der Waals surface area contributed by atoms with E-state index in [4.69, 9.17) is 4.74 Å². The van der Waals surface area contributed by atoms with Crippen LogP contribution < -0.4 is 0 Å². The van der Waals surface area contributed by atoms with Crippen molar-refractivity contribution in [2.75, 3.05) is 6.61 Å². The van der Waals surface area contributed by atoms with Crippen LogP contribution in [0.2, 0.25) is 0 Å². The first-order chi connectivity index (χ1) is 18.7. The lowest BCUT2D eigenvalue weighted by Gasteiger charge is -2.55. The number of amides is 4. The SMILES string of the molecule is CCOC(=O)C1=C(C)C2[C@H]3C(=O)N(Cc4ccccc4)C(=O)[C@H]3C1(C)[C@H]1C(=O)N(Cc3ccccc3)C(=O)[C@@H]21. The predicted molar refractivity (Wildman–Crippen MR) is 139 cm³/mol. The molecule has 4 amide bonds. The summed E-state index contributed by atoms with van der Waals surface area (Å²) in [4.78, 5) is 71.9. The maximum absolute atomic E-state index is 14.1. The minimum absolute atomic E-state index is 0.0967. The smallest absolute Gasteiger partial charge is 0.334 e. The summed E-state index contributed by atoms with van der Waals surface area (Å²) in [6.07, 6.45) is 0. The average molecular weight is 527 g/mol. The summed E-state index contributed by atoms with van der Waals surface area (Å²) in [6, 6.07) is 18.4. The van der Waals surface area contributed by atoms with Gasteiger partial charge in [0.05, 0.1) is 43.4 Å². The van der Waals surface area contributed by atoms with E-state index in [-0.39, 0.29) is 37.1 Å². The Balaban J connectivity index is 1.47. The van der Waals surface area contributed by atoms with Crippen LogP contribution in [-0.2, 0) is 41.8 Å². The van der Waals surface area contributed by atoms with Crippen LogP contribution in [0, 0.1) is 35.0 Å². The second kappa shape index (κ2) is 9.00. The van der Waals surface area contributed by atoms with Crippen molar-refractivity contribution in [3.8, 4) is 0 Å². The second-order valence-corrected chi connectivity index (χ2v) is 11.1. The minimum atomic E-state index is -1.36. The van der Waals surface area contributed by atoms with E-state index in [0.717, 1.165) is 11.1 Å². The number of nitrogens with zero attached hydrogens (tertiary/aromatic N) is 2. The fourth-order valence-electron chi connectivity index (χ4n) is 7.77. The molecule has 2 saturated heterocycles. The molecule has 2 aromatic carbocycles. The molecule has 39 heavy (non-hydrogen) atoms. The Morgan fingerprint density at radius 2 is 1.18 bits per heavy atom. The zero-order chi connectivity index (χ0) is 27.6. The monoisotopic (exact) mass is 526 g/mol. The first-order valence-electron chi connectivity index (χ1n) is 13.4. The fraction of sp³-hybridized carbons (Fsp3) is 0.387. The van der Waals surface area contributed by atoms with Crippen LogP contribution in [0.15, 0.2) is 71.8 Å². The summed E-state index contributed by atoms with van der Waals surface area (Å²) in [5, 5.41) is 0. The lowest BCUT2D eigenvalue weighted by Crippen LogP contribution is -2.61. The third kappa shape index (κ3) is 3.40. The van der Waals surface area contributed by atoms with Crippen molar-refractivity contribution >= 4 is 29.6 Å². The minimum Gasteiger partial charge on any atom is -0.463 e. The lowest BCUT2D eigenvalue weighted by molar-refractivity contribution is -0.155. The Morgan fingerprint density at radius 3 is 1.59 bits per heavy atom. The summed E-state index contributed by atoms with van der Waals surface area (Å²) in [7, 11) is 0. The van der Waals surface area contributed by atoms with Crippen molar-refractivity contribution in [3.05, 3.63) is 82.9 Å². The van der Waals surface area contributed by atoms with Crippen molar-refractivity contribution in [2.45, 2.75) is 33.9 Å². The summed E-state index contributed by atoms with van der Waals surface area (Å²) in [6.45, 7) is 5.47. The molecule has 0 aromatic heterocycles. The van der Waals surface area contributed by atoms with E-state index in [9.17, 15) is 24.0 Å². The molecule has 7 rings (SSSR count). The number of carbonyl (C=O) groups is 5. The number of carbonyl (C=O) groups excluding carboxylic acids is 5. The maximum Gasteiger partial charge on any atom is 0.334 e. The molecule has 3 fully saturated rings. The topological polar surface area (TPSA) is 101 Å². The lowest BCUT2D eigenvalue weighted by atomic mass is 9.43. The fourth-order valence-corrected chi connectivity index (χ4v) is 7.77. The highest BCUT2D eigenvalue weighted by molar-refractivity contribution is 6.13. The van der Waals surface area contributed by atoms with Gasteiger partial charge in [-0.1, -0.05) is 73.2 Å². The zero-order valence-electron chi connectivity index (χ0n) is 22.1. The van der Waals surface area contributed by atoms with Crippen molar-refractivity contribution < 1.29 is 28.7 Å². The number of esters is 1. The molecule has 0 radical (unpaired) electrons. The van der Waals surface area contributed by atoms with Gasteiger partial charge in [-0.05, 0) is 25.0 Å². The first-order valence-corrected chi connectivity index (χ1v) is 13.4. The van der Waals surface area contributed by atoms with Gasteiger partial charge in [0.25, 0.3) is 0 Å². The normalized spacial score (nSPS) is 31.2. The van der Waals surface area contributed by atoms with E-state index >= 15 is 0 Å².